The first-order valence-corrected chi connectivity index (χ1v) is 6.53. The lowest BCUT2D eigenvalue weighted by Crippen LogP contribution is -2.27. The lowest BCUT2D eigenvalue weighted by molar-refractivity contribution is 0.269. The van der Waals surface area contributed by atoms with Gasteiger partial charge >= 0.3 is 0 Å². The Balaban J connectivity index is 2.24. The second-order valence-corrected chi connectivity index (χ2v) is 4.94. The van der Waals surface area contributed by atoms with Gasteiger partial charge in [-0.3, -0.25) is 0 Å². The number of nitrogens with zero attached hydrogens (tertiary/aromatic N) is 3. The minimum absolute atomic E-state index is 0.548. The Morgan fingerprint density at radius 3 is 2.72 bits per heavy atom. The largest absolute Gasteiger partial charge is 0.383 e. The molecule has 18 heavy (non-hydrogen) atoms. The second kappa shape index (κ2) is 7.16. The fraction of sp³-hybridized carbons (Fsp3) is 0.692. The summed E-state index contributed by atoms with van der Waals surface area (Å²) < 4.78 is 0. The van der Waals surface area contributed by atoms with Crippen LogP contribution in [0.3, 0.4) is 0 Å². The first-order valence-electron chi connectivity index (χ1n) is 6.53. The maximum absolute atomic E-state index is 5.73. The Hall–Kier alpha value is -1.36. The minimum atomic E-state index is 0.548. The highest BCUT2D eigenvalue weighted by Gasteiger charge is 2.04. The van der Waals surface area contributed by atoms with Crippen LogP contribution in [0.1, 0.15) is 32.3 Å². The fourth-order valence-electron chi connectivity index (χ4n) is 1.59. The van der Waals surface area contributed by atoms with Crippen LogP contribution in [-0.2, 0) is 0 Å². The van der Waals surface area contributed by atoms with Gasteiger partial charge in [-0.2, -0.15) is 0 Å². The van der Waals surface area contributed by atoms with Gasteiger partial charge in [-0.05, 0) is 47.2 Å². The first kappa shape index (κ1) is 14.7. The third kappa shape index (κ3) is 4.49. The third-order valence-corrected chi connectivity index (χ3v) is 3.23. The summed E-state index contributed by atoms with van der Waals surface area (Å²) in [6.45, 7) is 8.41. The lowest BCUT2D eigenvalue weighted by Gasteiger charge is -2.20. The third-order valence-electron chi connectivity index (χ3n) is 3.23. The van der Waals surface area contributed by atoms with E-state index in [9.17, 15) is 0 Å². The molecule has 1 heterocycles. The molecule has 1 rings (SSSR count). The highest BCUT2D eigenvalue weighted by molar-refractivity contribution is 5.53. The predicted octanol–water partition coefficient (Wildman–Crippen LogP) is 1.90. The molecule has 0 aliphatic rings. The van der Waals surface area contributed by atoms with Crippen LogP contribution in [0.4, 0.5) is 11.6 Å². The molecule has 0 aliphatic heterocycles. The van der Waals surface area contributed by atoms with Crippen molar-refractivity contribution in [3.05, 3.63) is 11.9 Å². The maximum atomic E-state index is 5.73. The zero-order valence-electron chi connectivity index (χ0n) is 11.9. The van der Waals surface area contributed by atoms with Gasteiger partial charge in [0.2, 0.25) is 0 Å². The molecule has 0 spiro atoms. The van der Waals surface area contributed by atoms with Crippen molar-refractivity contribution in [2.75, 3.05) is 31.2 Å². The van der Waals surface area contributed by atoms with Crippen molar-refractivity contribution in [3.63, 3.8) is 0 Å². The molecule has 0 amide bonds. The number of nitrogen functional groups attached to an aromatic ring is 1. The smallest absolute Gasteiger partial charge is 0.134 e. The number of anilines is 2. The topological polar surface area (TPSA) is 67.1 Å². The van der Waals surface area contributed by atoms with Gasteiger partial charge in [0.1, 0.15) is 18.0 Å². The summed E-state index contributed by atoms with van der Waals surface area (Å²) in [6, 6.07) is 0.613. The van der Waals surface area contributed by atoms with Gasteiger partial charge in [0.15, 0.2) is 0 Å². The molecule has 0 saturated carbocycles. The predicted molar refractivity (Wildman–Crippen MR) is 76.7 cm³/mol. The van der Waals surface area contributed by atoms with E-state index >= 15 is 0 Å². The molecule has 0 aliphatic carbocycles. The molecule has 0 fully saturated rings. The lowest BCUT2D eigenvalue weighted by atomic mass is 10.2. The number of rotatable bonds is 7. The summed E-state index contributed by atoms with van der Waals surface area (Å²) in [5.74, 6) is 1.40. The van der Waals surface area contributed by atoms with Crippen LogP contribution in [0.25, 0.3) is 0 Å². The van der Waals surface area contributed by atoms with Crippen molar-refractivity contribution in [1.29, 1.82) is 0 Å². The quantitative estimate of drug-likeness (QED) is 0.724. The number of unbranched alkanes of at least 4 members (excludes halogenated alkanes) is 1. The first-order chi connectivity index (χ1) is 8.52. The summed E-state index contributed by atoms with van der Waals surface area (Å²) in [6.07, 6.45) is 3.80. The van der Waals surface area contributed by atoms with Crippen molar-refractivity contribution in [2.24, 2.45) is 0 Å². The van der Waals surface area contributed by atoms with Crippen molar-refractivity contribution >= 4 is 11.6 Å². The number of nitrogens with one attached hydrogen (secondary N) is 1. The van der Waals surface area contributed by atoms with Gasteiger partial charge in [-0.15, -0.1) is 0 Å². The number of aromatic nitrogens is 2. The molecule has 0 unspecified atom stereocenters. The molecule has 0 radical (unpaired) electrons. The van der Waals surface area contributed by atoms with E-state index in [-0.39, 0.29) is 0 Å². The van der Waals surface area contributed by atoms with Gasteiger partial charge < -0.3 is 16.0 Å². The Bertz CT molecular complexity index is 364. The molecule has 1 aromatic rings. The summed E-state index contributed by atoms with van der Waals surface area (Å²) in [4.78, 5) is 10.5. The highest BCUT2D eigenvalue weighted by Crippen LogP contribution is 2.14. The molecule has 102 valence electrons. The fourth-order valence-corrected chi connectivity index (χ4v) is 1.59. The zero-order valence-corrected chi connectivity index (χ0v) is 11.9. The van der Waals surface area contributed by atoms with Crippen LogP contribution in [0.5, 0.6) is 0 Å². The van der Waals surface area contributed by atoms with Crippen molar-refractivity contribution in [3.8, 4) is 0 Å². The number of hydrogen-bond donors (Lipinski definition) is 2. The van der Waals surface area contributed by atoms with E-state index in [0.717, 1.165) is 30.9 Å². The zero-order chi connectivity index (χ0) is 13.5. The molecule has 5 heteroatoms. The number of nitrogens with two attached hydrogens (primary N) is 1. The summed E-state index contributed by atoms with van der Waals surface area (Å²) in [5.41, 5.74) is 6.65. The van der Waals surface area contributed by atoms with Crippen molar-refractivity contribution < 1.29 is 0 Å². The van der Waals surface area contributed by atoms with E-state index in [1.165, 1.54) is 12.7 Å². The Morgan fingerprint density at radius 1 is 1.33 bits per heavy atom. The van der Waals surface area contributed by atoms with Crippen LogP contribution in [0.15, 0.2) is 6.33 Å². The van der Waals surface area contributed by atoms with Crippen LogP contribution in [0.2, 0.25) is 0 Å². The van der Waals surface area contributed by atoms with Gasteiger partial charge in [0.25, 0.3) is 0 Å². The molecule has 0 aromatic carbocycles. The maximum Gasteiger partial charge on any atom is 0.134 e. The monoisotopic (exact) mass is 251 g/mol. The Kier molecular flexibility index (Phi) is 5.85. The Labute approximate surface area is 110 Å². The highest BCUT2D eigenvalue weighted by atomic mass is 15.1. The standard InChI is InChI=1S/C13H25N5/c1-10(2)18(4)8-6-5-7-15-13-11(3)12(14)16-9-17-13/h9-10H,5-8H2,1-4H3,(H3,14,15,16,17). The van der Waals surface area contributed by atoms with Gasteiger partial charge in [0, 0.05) is 18.2 Å². The van der Waals surface area contributed by atoms with Crippen LogP contribution in [0, 0.1) is 6.92 Å². The molecular formula is C13H25N5. The van der Waals surface area contributed by atoms with E-state index in [1.54, 1.807) is 0 Å². The van der Waals surface area contributed by atoms with E-state index in [0.29, 0.717) is 11.9 Å². The molecule has 0 atom stereocenters. The minimum Gasteiger partial charge on any atom is -0.383 e. The second-order valence-electron chi connectivity index (χ2n) is 4.94. The molecule has 1 aromatic heterocycles. The normalized spacial score (nSPS) is 11.2. The molecule has 0 saturated heterocycles. The SMILES string of the molecule is Cc1c(N)ncnc1NCCCCN(C)C(C)C. The Morgan fingerprint density at radius 2 is 2.06 bits per heavy atom. The van der Waals surface area contributed by atoms with Crippen molar-refractivity contribution in [1.82, 2.24) is 14.9 Å². The van der Waals surface area contributed by atoms with E-state index in [4.69, 9.17) is 5.73 Å². The molecule has 3 N–H and O–H groups in total. The molecule has 5 nitrogen and oxygen atoms in total. The van der Waals surface area contributed by atoms with E-state index in [1.807, 2.05) is 6.92 Å². The van der Waals surface area contributed by atoms with Crippen LogP contribution in [-0.4, -0.2) is 41.0 Å². The van der Waals surface area contributed by atoms with Gasteiger partial charge in [-0.25, -0.2) is 9.97 Å². The van der Waals surface area contributed by atoms with Gasteiger partial charge in [-0.1, -0.05) is 0 Å². The summed E-state index contributed by atoms with van der Waals surface area (Å²) in [5, 5.41) is 3.31. The average molecular weight is 251 g/mol. The van der Waals surface area contributed by atoms with E-state index < -0.39 is 0 Å². The average Bonchev–Trinajstić information content (AvgIpc) is 2.33. The molecule has 0 bridgehead atoms. The number of hydrogen-bond acceptors (Lipinski definition) is 5. The van der Waals surface area contributed by atoms with Crippen LogP contribution < -0.4 is 11.1 Å². The van der Waals surface area contributed by atoms with E-state index in [2.05, 4.69) is 41.1 Å². The van der Waals surface area contributed by atoms with Crippen molar-refractivity contribution in [2.45, 2.75) is 39.7 Å². The summed E-state index contributed by atoms with van der Waals surface area (Å²) >= 11 is 0. The van der Waals surface area contributed by atoms with Crippen LogP contribution >= 0.6 is 0 Å². The molecular weight excluding hydrogens is 226 g/mol. The summed E-state index contributed by atoms with van der Waals surface area (Å²) in [7, 11) is 2.16. The van der Waals surface area contributed by atoms with Gasteiger partial charge in [0.05, 0.1) is 0 Å².